The van der Waals surface area contributed by atoms with Crippen LogP contribution in [0.4, 0.5) is 5.69 Å². The molecule has 162 valence electrons. The van der Waals surface area contributed by atoms with E-state index in [9.17, 15) is 23.1 Å². The molecule has 1 amide bonds. The lowest BCUT2D eigenvalue weighted by atomic mass is 10.1. The molecule has 0 spiro atoms. The van der Waals surface area contributed by atoms with Gasteiger partial charge in [0.2, 0.25) is 0 Å². The van der Waals surface area contributed by atoms with Crippen molar-refractivity contribution in [3.8, 4) is 5.75 Å². The Labute approximate surface area is 182 Å². The number of aromatic hydroxyl groups is 1. The van der Waals surface area contributed by atoms with Crippen molar-refractivity contribution >= 4 is 32.7 Å². The van der Waals surface area contributed by atoms with E-state index in [1.165, 1.54) is 35.2 Å². The summed E-state index contributed by atoms with van der Waals surface area (Å²) in [7, 11) is -4.25. The van der Waals surface area contributed by atoms with Crippen molar-refractivity contribution in [2.75, 3.05) is 5.32 Å². The normalized spacial score (nSPS) is 11.4. The van der Waals surface area contributed by atoms with Crippen molar-refractivity contribution in [2.45, 2.75) is 11.6 Å². The summed E-state index contributed by atoms with van der Waals surface area (Å²) in [4.78, 5) is 34.2. The number of amides is 1. The fraction of sp³-hybridized carbons (Fsp3) is 0.0476. The predicted molar refractivity (Wildman–Crippen MR) is 117 cm³/mol. The molecule has 1 aromatic carbocycles. The molecule has 0 fully saturated rings. The van der Waals surface area contributed by atoms with Crippen LogP contribution < -0.4 is 16.0 Å². The van der Waals surface area contributed by atoms with Gasteiger partial charge >= 0.3 is 0 Å². The van der Waals surface area contributed by atoms with Crippen molar-refractivity contribution in [1.29, 1.82) is 0 Å². The third-order valence-electron chi connectivity index (χ3n) is 4.69. The summed E-state index contributed by atoms with van der Waals surface area (Å²) >= 11 is 0. The Morgan fingerprint density at radius 2 is 1.72 bits per heavy atom. The minimum atomic E-state index is -4.25. The first-order chi connectivity index (χ1) is 15.3. The van der Waals surface area contributed by atoms with E-state index in [-0.39, 0.29) is 23.3 Å². The van der Waals surface area contributed by atoms with Crippen molar-refractivity contribution in [3.63, 3.8) is 0 Å². The third-order valence-corrected chi connectivity index (χ3v) is 5.56. The number of hydrogen-bond donors (Lipinski definition) is 3. The van der Waals surface area contributed by atoms with E-state index in [1.807, 2.05) is 18.2 Å². The maximum Gasteiger partial charge on any atom is 0.269 e. The number of sulfonamides is 1. The Kier molecular flexibility index (Phi) is 5.43. The van der Waals surface area contributed by atoms with Crippen LogP contribution in [-0.2, 0) is 16.6 Å². The second-order valence-electron chi connectivity index (χ2n) is 6.83. The summed E-state index contributed by atoms with van der Waals surface area (Å²) in [5.41, 5.74) is -0.606. The molecular weight excluding hydrogens is 434 g/mol. The van der Waals surface area contributed by atoms with Gasteiger partial charge in [0.15, 0.2) is 5.03 Å². The van der Waals surface area contributed by atoms with Gasteiger partial charge in [0, 0.05) is 12.4 Å². The average Bonchev–Trinajstić information content (AvgIpc) is 2.77. The fourth-order valence-electron chi connectivity index (χ4n) is 3.28. The zero-order chi connectivity index (χ0) is 22.9. The maximum absolute atomic E-state index is 13.3. The number of pyridine rings is 3. The molecule has 0 atom stereocenters. The first kappa shape index (κ1) is 21.2. The van der Waals surface area contributed by atoms with Crippen LogP contribution in [0.15, 0.2) is 76.8 Å². The van der Waals surface area contributed by atoms with Gasteiger partial charge in [-0.1, -0.05) is 30.3 Å². The highest BCUT2D eigenvalue weighted by Crippen LogP contribution is 2.27. The molecule has 4 aromatic rings. The summed E-state index contributed by atoms with van der Waals surface area (Å²) in [5, 5.41) is 17.8. The van der Waals surface area contributed by atoms with Gasteiger partial charge in [-0.3, -0.25) is 14.2 Å². The van der Waals surface area contributed by atoms with Gasteiger partial charge in [0.05, 0.1) is 17.6 Å². The van der Waals surface area contributed by atoms with Crippen molar-refractivity contribution in [2.24, 2.45) is 5.14 Å². The molecular formula is C21H17N5O5S. The molecule has 11 heteroatoms. The summed E-state index contributed by atoms with van der Waals surface area (Å²) < 4.78 is 24.8. The molecule has 4 N–H and O–H groups in total. The van der Waals surface area contributed by atoms with Crippen molar-refractivity contribution in [1.82, 2.24) is 14.5 Å². The number of anilines is 1. The molecule has 0 aliphatic carbocycles. The molecule has 0 radical (unpaired) electrons. The standard InChI is InChI=1S/C21H17N5O5S/c22-32(30,31)20-15(9-5-11-24-20)25-19(28)16-17(27)14-8-4-10-23-18(14)26(21(16)29)12-13-6-2-1-3-7-13/h1-11,27H,12H2,(H,25,28)(H2,22,30,31). The highest BCUT2D eigenvalue weighted by atomic mass is 32.2. The first-order valence-corrected chi connectivity index (χ1v) is 10.9. The van der Waals surface area contributed by atoms with Crippen LogP contribution in [0, 0.1) is 0 Å². The van der Waals surface area contributed by atoms with Crippen LogP contribution in [0.1, 0.15) is 15.9 Å². The molecule has 0 bridgehead atoms. The van der Waals surface area contributed by atoms with Crippen molar-refractivity contribution < 1.29 is 18.3 Å². The largest absolute Gasteiger partial charge is 0.506 e. The molecule has 0 aliphatic heterocycles. The van der Waals surface area contributed by atoms with E-state index in [1.54, 1.807) is 18.2 Å². The summed E-state index contributed by atoms with van der Waals surface area (Å²) in [6.45, 7) is 0.100. The Morgan fingerprint density at radius 3 is 2.44 bits per heavy atom. The third kappa shape index (κ3) is 3.94. The monoisotopic (exact) mass is 451 g/mol. The van der Waals surface area contributed by atoms with Crippen LogP contribution in [0.5, 0.6) is 5.75 Å². The Hall–Kier alpha value is -4.09. The number of nitrogens with two attached hydrogens (primary N) is 1. The Bertz CT molecular complexity index is 1500. The van der Waals surface area contributed by atoms with Crippen molar-refractivity contribution in [3.05, 3.63) is 88.5 Å². The Morgan fingerprint density at radius 1 is 1.03 bits per heavy atom. The number of carbonyl (C=O) groups excluding carboxylic acids is 1. The molecule has 32 heavy (non-hydrogen) atoms. The number of nitrogens with one attached hydrogen (secondary N) is 1. The van der Waals surface area contributed by atoms with E-state index in [0.29, 0.717) is 0 Å². The quantitative estimate of drug-likeness (QED) is 0.414. The van der Waals surface area contributed by atoms with Gasteiger partial charge in [0.1, 0.15) is 17.0 Å². The second-order valence-corrected chi connectivity index (χ2v) is 8.31. The zero-order valence-electron chi connectivity index (χ0n) is 16.5. The van der Waals surface area contributed by atoms with E-state index < -0.39 is 37.8 Å². The number of rotatable bonds is 5. The van der Waals surface area contributed by atoms with Gasteiger partial charge < -0.3 is 10.4 Å². The smallest absolute Gasteiger partial charge is 0.269 e. The van der Waals surface area contributed by atoms with Crippen LogP contribution >= 0.6 is 0 Å². The van der Waals surface area contributed by atoms with E-state index >= 15 is 0 Å². The number of fused-ring (bicyclic) bond motifs is 1. The van der Waals surface area contributed by atoms with Gasteiger partial charge in [-0.25, -0.2) is 23.5 Å². The number of hydrogen-bond acceptors (Lipinski definition) is 7. The number of benzene rings is 1. The average molecular weight is 451 g/mol. The van der Waals surface area contributed by atoms with E-state index in [2.05, 4.69) is 15.3 Å². The Balaban J connectivity index is 1.87. The number of nitrogens with zero attached hydrogens (tertiary/aromatic N) is 3. The van der Waals surface area contributed by atoms with E-state index in [4.69, 9.17) is 5.14 Å². The summed E-state index contributed by atoms with van der Waals surface area (Å²) in [5.74, 6) is -1.58. The second kappa shape index (κ2) is 8.21. The predicted octanol–water partition coefficient (Wildman–Crippen LogP) is 1.45. The fourth-order valence-corrected chi connectivity index (χ4v) is 3.91. The molecule has 0 aliphatic rings. The number of primary sulfonamides is 1. The van der Waals surface area contributed by atoms with Crippen LogP contribution in [0.25, 0.3) is 11.0 Å². The summed E-state index contributed by atoms with van der Waals surface area (Å²) in [6.07, 6.45) is 2.66. The molecule has 0 saturated carbocycles. The number of aromatic nitrogens is 3. The molecule has 0 unspecified atom stereocenters. The minimum absolute atomic E-state index is 0.100. The van der Waals surface area contributed by atoms with Gasteiger partial charge in [0.25, 0.3) is 21.5 Å². The highest BCUT2D eigenvalue weighted by molar-refractivity contribution is 7.89. The van der Waals surface area contributed by atoms with Crippen LogP contribution in [-0.4, -0.2) is 34.0 Å². The zero-order valence-corrected chi connectivity index (χ0v) is 17.3. The topological polar surface area (TPSA) is 157 Å². The van der Waals surface area contributed by atoms with Crippen LogP contribution in [0.2, 0.25) is 0 Å². The molecule has 3 heterocycles. The van der Waals surface area contributed by atoms with E-state index in [0.717, 1.165) is 5.56 Å². The molecule has 10 nitrogen and oxygen atoms in total. The van der Waals surface area contributed by atoms with Gasteiger partial charge in [-0.05, 0) is 29.8 Å². The SMILES string of the molecule is NS(=O)(=O)c1ncccc1NC(=O)c1c(O)c2cccnc2n(Cc2ccccc2)c1=O. The molecule has 0 saturated heterocycles. The summed E-state index contributed by atoms with van der Waals surface area (Å²) in [6, 6.07) is 14.8. The van der Waals surface area contributed by atoms with Gasteiger partial charge in [-0.15, -0.1) is 0 Å². The first-order valence-electron chi connectivity index (χ1n) is 9.31. The van der Waals surface area contributed by atoms with Gasteiger partial charge in [-0.2, -0.15) is 0 Å². The highest BCUT2D eigenvalue weighted by Gasteiger charge is 2.25. The maximum atomic E-state index is 13.3. The molecule has 3 aromatic heterocycles. The van der Waals surface area contributed by atoms with Crippen LogP contribution in [0.3, 0.4) is 0 Å². The number of carbonyl (C=O) groups is 1. The molecule has 4 rings (SSSR count). The lowest BCUT2D eigenvalue weighted by molar-refractivity contribution is 0.102. The lowest BCUT2D eigenvalue weighted by Crippen LogP contribution is -2.31. The lowest BCUT2D eigenvalue weighted by Gasteiger charge is -2.15. The minimum Gasteiger partial charge on any atom is -0.506 e.